The van der Waals surface area contributed by atoms with Crippen molar-refractivity contribution >= 4 is 27.5 Å². The van der Waals surface area contributed by atoms with E-state index in [0.29, 0.717) is 5.92 Å². The maximum Gasteiger partial charge on any atom is 0.123 e. The van der Waals surface area contributed by atoms with Gasteiger partial charge in [0, 0.05) is 10.4 Å². The number of hydrogen-bond donors (Lipinski definition) is 0. The summed E-state index contributed by atoms with van der Waals surface area (Å²) in [6, 6.07) is 12.8. The summed E-state index contributed by atoms with van der Waals surface area (Å²) in [4.78, 5) is 0. The Labute approximate surface area is 126 Å². The van der Waals surface area contributed by atoms with Gasteiger partial charge in [0.15, 0.2) is 0 Å². The molecule has 0 aromatic heterocycles. The highest BCUT2D eigenvalue weighted by Gasteiger charge is 2.13. The Balaban J connectivity index is 2.26. The van der Waals surface area contributed by atoms with Crippen molar-refractivity contribution in [3.8, 4) is 0 Å². The van der Waals surface area contributed by atoms with Gasteiger partial charge in [0.25, 0.3) is 0 Å². The van der Waals surface area contributed by atoms with Crippen molar-refractivity contribution in [3.05, 3.63) is 70.0 Å². The average molecular weight is 342 g/mol. The normalized spacial score (nSPS) is 12.4. The first kappa shape index (κ1) is 14.5. The lowest BCUT2D eigenvalue weighted by Crippen LogP contribution is -2.06. The summed E-state index contributed by atoms with van der Waals surface area (Å²) in [6.07, 6.45) is 0.801. The lowest BCUT2D eigenvalue weighted by atomic mass is 9.92. The maximum atomic E-state index is 13.3. The topological polar surface area (TPSA) is 0 Å². The van der Waals surface area contributed by atoms with Crippen LogP contribution in [-0.2, 0) is 6.42 Å². The first-order valence-electron chi connectivity index (χ1n) is 6.16. The minimum Gasteiger partial charge on any atom is -0.207 e. The van der Waals surface area contributed by atoms with E-state index in [1.807, 2.05) is 31.2 Å². The predicted octanol–water partition coefficient (Wildman–Crippen LogP) is 5.51. The zero-order valence-corrected chi connectivity index (χ0v) is 13.0. The number of rotatable bonds is 4. The van der Waals surface area contributed by atoms with Gasteiger partial charge in [-0.2, -0.15) is 0 Å². The second kappa shape index (κ2) is 6.53. The maximum absolute atomic E-state index is 13.3. The third-order valence-corrected chi connectivity index (χ3v) is 4.30. The molecule has 19 heavy (non-hydrogen) atoms. The predicted molar refractivity (Wildman–Crippen MR) is 82.8 cm³/mol. The van der Waals surface area contributed by atoms with Gasteiger partial charge in [-0.25, -0.2) is 4.39 Å². The summed E-state index contributed by atoms with van der Waals surface area (Å²) in [5.74, 6) is 0.110. The molecule has 0 saturated carbocycles. The van der Waals surface area contributed by atoms with Gasteiger partial charge in [0.05, 0.1) is 0 Å². The van der Waals surface area contributed by atoms with E-state index < -0.39 is 0 Å². The molecule has 0 aliphatic heterocycles. The van der Waals surface area contributed by atoms with Crippen molar-refractivity contribution in [3.63, 3.8) is 0 Å². The fourth-order valence-corrected chi connectivity index (χ4v) is 2.95. The van der Waals surface area contributed by atoms with Crippen LogP contribution in [0.25, 0.3) is 0 Å². The minimum absolute atomic E-state index is 0.181. The summed E-state index contributed by atoms with van der Waals surface area (Å²) >= 11 is 9.57. The molecule has 0 aliphatic carbocycles. The first-order chi connectivity index (χ1) is 9.10. The molecule has 3 heteroatoms. The van der Waals surface area contributed by atoms with Crippen molar-refractivity contribution in [1.29, 1.82) is 0 Å². The van der Waals surface area contributed by atoms with Crippen LogP contribution in [0.15, 0.2) is 42.5 Å². The van der Waals surface area contributed by atoms with Crippen LogP contribution in [0.5, 0.6) is 0 Å². The highest BCUT2D eigenvalue weighted by Crippen LogP contribution is 2.26. The second-order valence-electron chi connectivity index (χ2n) is 4.68. The molecule has 0 nitrogen and oxygen atoms in total. The number of hydrogen-bond acceptors (Lipinski definition) is 0. The molecule has 0 amide bonds. The van der Waals surface area contributed by atoms with E-state index in [-0.39, 0.29) is 5.82 Å². The van der Waals surface area contributed by atoms with Crippen LogP contribution in [0.1, 0.15) is 22.6 Å². The number of benzene rings is 2. The van der Waals surface area contributed by atoms with E-state index in [9.17, 15) is 4.39 Å². The summed E-state index contributed by atoms with van der Waals surface area (Å²) < 4.78 is 13.3. The summed E-state index contributed by atoms with van der Waals surface area (Å²) in [7, 11) is 0. The molecular formula is C16H15BrClF. The fraction of sp³-hybridized carbons (Fsp3) is 0.250. The Morgan fingerprint density at radius 1 is 1.21 bits per heavy atom. The van der Waals surface area contributed by atoms with E-state index in [4.69, 9.17) is 11.6 Å². The van der Waals surface area contributed by atoms with Crippen molar-refractivity contribution in [2.24, 2.45) is 0 Å². The van der Waals surface area contributed by atoms with Crippen LogP contribution in [0.3, 0.4) is 0 Å². The first-order valence-corrected chi connectivity index (χ1v) is 7.66. The van der Waals surface area contributed by atoms with Gasteiger partial charge in [-0.1, -0.05) is 45.7 Å². The molecule has 0 heterocycles. The lowest BCUT2D eigenvalue weighted by Gasteiger charge is -2.16. The monoisotopic (exact) mass is 340 g/mol. The van der Waals surface area contributed by atoms with E-state index in [1.54, 1.807) is 6.07 Å². The van der Waals surface area contributed by atoms with Gasteiger partial charge in [-0.3, -0.25) is 0 Å². The molecule has 1 atom stereocenters. The van der Waals surface area contributed by atoms with Crippen molar-refractivity contribution in [2.45, 2.75) is 19.3 Å². The molecule has 0 N–H and O–H groups in total. The molecule has 100 valence electrons. The van der Waals surface area contributed by atoms with Gasteiger partial charge >= 0.3 is 0 Å². The Bertz CT molecular complexity index is 568. The van der Waals surface area contributed by atoms with Gasteiger partial charge in [0.1, 0.15) is 5.82 Å². The Morgan fingerprint density at radius 2 is 2.00 bits per heavy atom. The summed E-state index contributed by atoms with van der Waals surface area (Å²) in [5.41, 5.74) is 3.34. The van der Waals surface area contributed by atoms with Crippen LogP contribution in [0.4, 0.5) is 4.39 Å². The van der Waals surface area contributed by atoms with Crippen molar-refractivity contribution in [2.75, 3.05) is 5.33 Å². The molecule has 0 saturated heterocycles. The Morgan fingerprint density at radius 3 is 2.68 bits per heavy atom. The molecule has 0 radical (unpaired) electrons. The second-order valence-corrected chi connectivity index (χ2v) is 5.77. The highest BCUT2D eigenvalue weighted by molar-refractivity contribution is 9.09. The molecule has 2 rings (SSSR count). The highest BCUT2D eigenvalue weighted by atomic mass is 79.9. The van der Waals surface area contributed by atoms with Crippen LogP contribution in [0, 0.1) is 12.7 Å². The molecule has 2 aromatic rings. The average Bonchev–Trinajstić information content (AvgIpc) is 2.39. The zero-order chi connectivity index (χ0) is 13.8. The van der Waals surface area contributed by atoms with Crippen LogP contribution in [-0.4, -0.2) is 5.33 Å². The van der Waals surface area contributed by atoms with Gasteiger partial charge < -0.3 is 0 Å². The van der Waals surface area contributed by atoms with E-state index in [2.05, 4.69) is 22.0 Å². The fourth-order valence-electron chi connectivity index (χ4n) is 2.15. The van der Waals surface area contributed by atoms with E-state index in [1.165, 1.54) is 11.6 Å². The third-order valence-electron chi connectivity index (χ3n) is 3.28. The van der Waals surface area contributed by atoms with Crippen molar-refractivity contribution < 1.29 is 4.39 Å². The Kier molecular flexibility index (Phi) is 5.00. The minimum atomic E-state index is -0.181. The summed E-state index contributed by atoms with van der Waals surface area (Å²) in [5, 5.41) is 1.56. The quantitative estimate of drug-likeness (QED) is 0.643. The molecule has 1 unspecified atom stereocenters. The molecule has 0 bridgehead atoms. The van der Waals surface area contributed by atoms with Gasteiger partial charge in [-0.15, -0.1) is 0 Å². The smallest absolute Gasteiger partial charge is 0.123 e. The van der Waals surface area contributed by atoms with Gasteiger partial charge in [0.2, 0.25) is 0 Å². The molecule has 2 aromatic carbocycles. The number of alkyl halides is 1. The number of halogens is 3. The van der Waals surface area contributed by atoms with Crippen molar-refractivity contribution in [1.82, 2.24) is 0 Å². The SMILES string of the molecule is Cc1ccc(F)cc1CC(CBr)c1cccc(Cl)c1. The van der Waals surface area contributed by atoms with Crippen LogP contribution in [0.2, 0.25) is 5.02 Å². The van der Waals surface area contributed by atoms with Crippen LogP contribution < -0.4 is 0 Å². The Hall–Kier alpha value is -0.860. The van der Waals surface area contributed by atoms with Gasteiger partial charge in [-0.05, 0) is 60.2 Å². The number of aryl methyl sites for hydroxylation is 1. The standard InChI is InChI=1S/C16H15BrClF/c1-11-5-6-16(19)9-13(11)7-14(10-17)12-3-2-4-15(18)8-12/h2-6,8-9,14H,7,10H2,1H3. The summed E-state index contributed by atoms with van der Waals surface area (Å²) in [6.45, 7) is 2.01. The third kappa shape index (κ3) is 3.80. The molecule has 0 spiro atoms. The van der Waals surface area contributed by atoms with Crippen LogP contribution >= 0.6 is 27.5 Å². The largest absolute Gasteiger partial charge is 0.207 e. The lowest BCUT2D eigenvalue weighted by molar-refractivity contribution is 0.622. The molecule has 0 aliphatic rings. The van der Waals surface area contributed by atoms with E-state index >= 15 is 0 Å². The zero-order valence-electron chi connectivity index (χ0n) is 10.7. The molecule has 0 fully saturated rings. The molecular weight excluding hydrogens is 327 g/mol. The van der Waals surface area contributed by atoms with E-state index in [0.717, 1.165) is 27.9 Å².